The van der Waals surface area contributed by atoms with E-state index < -0.39 is 5.91 Å². The van der Waals surface area contributed by atoms with E-state index in [-0.39, 0.29) is 23.4 Å². The standard InChI is InChI=1S/C18H19N5O2/c1-10(19)15(11-5-3-2-4-6-11)23-18-14-8-12(24)7-13(17(20)25)16(14)21-9-22-18/h2-10,15,24H,19H2,1H3,(H2,20,25)(H,21,22,23). The number of anilines is 1. The molecule has 0 aliphatic heterocycles. The molecule has 0 saturated heterocycles. The Hall–Kier alpha value is -3.19. The van der Waals surface area contributed by atoms with Gasteiger partial charge in [-0.1, -0.05) is 30.3 Å². The zero-order chi connectivity index (χ0) is 18.0. The summed E-state index contributed by atoms with van der Waals surface area (Å²) >= 11 is 0. The molecule has 2 aromatic carbocycles. The molecule has 7 nitrogen and oxygen atoms in total. The molecule has 7 heteroatoms. The molecule has 1 aromatic heterocycles. The lowest BCUT2D eigenvalue weighted by Crippen LogP contribution is -2.30. The van der Waals surface area contributed by atoms with Crippen LogP contribution in [0.1, 0.15) is 28.9 Å². The van der Waals surface area contributed by atoms with Crippen LogP contribution in [0.5, 0.6) is 5.75 Å². The van der Waals surface area contributed by atoms with Crippen molar-refractivity contribution in [2.45, 2.75) is 19.0 Å². The van der Waals surface area contributed by atoms with E-state index in [1.54, 1.807) is 0 Å². The van der Waals surface area contributed by atoms with Crippen LogP contribution in [0.3, 0.4) is 0 Å². The number of aromatic hydroxyl groups is 1. The van der Waals surface area contributed by atoms with Crippen molar-refractivity contribution in [3.05, 3.63) is 59.9 Å². The summed E-state index contributed by atoms with van der Waals surface area (Å²) in [5, 5.41) is 13.7. The molecular formula is C18H19N5O2. The van der Waals surface area contributed by atoms with Crippen LogP contribution in [0.25, 0.3) is 10.9 Å². The number of aromatic nitrogens is 2. The van der Waals surface area contributed by atoms with E-state index >= 15 is 0 Å². The third-order valence-corrected chi connectivity index (χ3v) is 3.97. The summed E-state index contributed by atoms with van der Waals surface area (Å²) in [5.74, 6) is -0.289. The zero-order valence-corrected chi connectivity index (χ0v) is 13.7. The molecule has 0 aliphatic carbocycles. The third kappa shape index (κ3) is 3.36. The summed E-state index contributed by atoms with van der Waals surface area (Å²) in [6.45, 7) is 1.89. The first-order chi connectivity index (χ1) is 12.0. The Kier molecular flexibility index (Phi) is 4.49. The molecule has 128 valence electrons. The Balaban J connectivity index is 2.11. The number of primary amides is 1. The third-order valence-electron chi connectivity index (χ3n) is 3.97. The maximum atomic E-state index is 11.6. The number of phenols is 1. The van der Waals surface area contributed by atoms with Crippen molar-refractivity contribution >= 4 is 22.6 Å². The van der Waals surface area contributed by atoms with E-state index in [0.29, 0.717) is 16.7 Å². The Bertz CT molecular complexity index is 912. The lowest BCUT2D eigenvalue weighted by molar-refractivity contribution is 0.100. The molecule has 3 aromatic rings. The highest BCUT2D eigenvalue weighted by Gasteiger charge is 2.19. The highest BCUT2D eigenvalue weighted by atomic mass is 16.3. The van der Waals surface area contributed by atoms with E-state index in [2.05, 4.69) is 15.3 Å². The quantitative estimate of drug-likeness (QED) is 0.563. The minimum absolute atomic E-state index is 0.0868. The van der Waals surface area contributed by atoms with Gasteiger partial charge in [0.1, 0.15) is 17.9 Å². The molecule has 0 saturated carbocycles. The Morgan fingerprint density at radius 3 is 2.56 bits per heavy atom. The van der Waals surface area contributed by atoms with Gasteiger partial charge in [-0.25, -0.2) is 9.97 Å². The molecule has 1 amide bonds. The molecule has 6 N–H and O–H groups in total. The average molecular weight is 337 g/mol. The summed E-state index contributed by atoms with van der Waals surface area (Å²) in [6, 6.07) is 12.1. The van der Waals surface area contributed by atoms with Gasteiger partial charge < -0.3 is 21.9 Å². The number of phenolic OH excluding ortho intramolecular Hbond substituents is 1. The molecule has 3 rings (SSSR count). The number of carbonyl (C=O) groups excluding carboxylic acids is 1. The molecule has 0 fully saturated rings. The second-order valence-corrected chi connectivity index (χ2v) is 5.87. The predicted molar refractivity (Wildman–Crippen MR) is 96.2 cm³/mol. The van der Waals surface area contributed by atoms with E-state index in [1.807, 2.05) is 37.3 Å². The Morgan fingerprint density at radius 2 is 1.92 bits per heavy atom. The van der Waals surface area contributed by atoms with Crippen LogP contribution in [0.15, 0.2) is 48.8 Å². The number of hydrogen-bond acceptors (Lipinski definition) is 6. The SMILES string of the molecule is CC(N)C(Nc1ncnc2c(C(N)=O)cc(O)cc12)c1ccccc1. The predicted octanol–water partition coefficient (Wildman–Crippen LogP) is 1.93. The van der Waals surface area contributed by atoms with Gasteiger partial charge in [0.05, 0.1) is 17.1 Å². The molecular weight excluding hydrogens is 318 g/mol. The van der Waals surface area contributed by atoms with Crippen molar-refractivity contribution in [1.29, 1.82) is 0 Å². The molecule has 0 aliphatic rings. The summed E-state index contributed by atoms with van der Waals surface area (Å²) in [6.07, 6.45) is 1.34. The number of fused-ring (bicyclic) bond motifs is 1. The van der Waals surface area contributed by atoms with Crippen LogP contribution < -0.4 is 16.8 Å². The van der Waals surface area contributed by atoms with Crippen LogP contribution in [0.2, 0.25) is 0 Å². The van der Waals surface area contributed by atoms with Gasteiger partial charge in [-0.05, 0) is 24.6 Å². The van der Waals surface area contributed by atoms with Crippen LogP contribution in [0.4, 0.5) is 5.82 Å². The van der Waals surface area contributed by atoms with Crippen LogP contribution in [-0.4, -0.2) is 27.0 Å². The highest BCUT2D eigenvalue weighted by molar-refractivity contribution is 6.07. The fourth-order valence-electron chi connectivity index (χ4n) is 2.78. The van der Waals surface area contributed by atoms with Gasteiger partial charge in [-0.15, -0.1) is 0 Å². The molecule has 0 radical (unpaired) electrons. The first-order valence-electron chi connectivity index (χ1n) is 7.82. The van der Waals surface area contributed by atoms with Gasteiger partial charge >= 0.3 is 0 Å². The second kappa shape index (κ2) is 6.74. The normalized spacial score (nSPS) is 13.4. The summed E-state index contributed by atoms with van der Waals surface area (Å²) < 4.78 is 0. The van der Waals surface area contributed by atoms with Crippen LogP contribution >= 0.6 is 0 Å². The number of carbonyl (C=O) groups is 1. The molecule has 2 unspecified atom stereocenters. The molecule has 2 atom stereocenters. The largest absolute Gasteiger partial charge is 0.508 e. The van der Waals surface area contributed by atoms with Crippen molar-refractivity contribution in [2.24, 2.45) is 11.5 Å². The number of nitrogens with zero attached hydrogens (tertiary/aromatic N) is 2. The lowest BCUT2D eigenvalue weighted by atomic mass is 10.0. The minimum Gasteiger partial charge on any atom is -0.508 e. The number of nitrogens with two attached hydrogens (primary N) is 2. The molecule has 1 heterocycles. The van der Waals surface area contributed by atoms with E-state index in [9.17, 15) is 9.90 Å². The average Bonchev–Trinajstić information content (AvgIpc) is 2.59. The summed E-state index contributed by atoms with van der Waals surface area (Å²) in [4.78, 5) is 20.0. The first kappa shape index (κ1) is 16.7. The molecule has 0 spiro atoms. The molecule has 25 heavy (non-hydrogen) atoms. The second-order valence-electron chi connectivity index (χ2n) is 5.87. The number of amides is 1. The van der Waals surface area contributed by atoms with Gasteiger partial charge in [0.15, 0.2) is 0 Å². The number of rotatable bonds is 5. The monoisotopic (exact) mass is 337 g/mol. The number of hydrogen-bond donors (Lipinski definition) is 4. The Labute approximate surface area is 144 Å². The fraction of sp³-hybridized carbons (Fsp3) is 0.167. The maximum Gasteiger partial charge on any atom is 0.251 e. The Morgan fingerprint density at radius 1 is 1.20 bits per heavy atom. The van der Waals surface area contributed by atoms with E-state index in [0.717, 1.165) is 5.56 Å². The summed E-state index contributed by atoms with van der Waals surface area (Å²) in [5.41, 5.74) is 13.0. The molecule has 0 bridgehead atoms. The van der Waals surface area contributed by atoms with Gasteiger partial charge in [0, 0.05) is 11.4 Å². The highest BCUT2D eigenvalue weighted by Crippen LogP contribution is 2.30. The number of nitrogens with one attached hydrogen (secondary N) is 1. The fourth-order valence-corrected chi connectivity index (χ4v) is 2.78. The topological polar surface area (TPSA) is 127 Å². The van der Waals surface area contributed by atoms with E-state index in [1.165, 1.54) is 18.5 Å². The van der Waals surface area contributed by atoms with Crippen molar-refractivity contribution < 1.29 is 9.90 Å². The van der Waals surface area contributed by atoms with Crippen molar-refractivity contribution in [1.82, 2.24) is 9.97 Å². The van der Waals surface area contributed by atoms with E-state index in [4.69, 9.17) is 11.5 Å². The van der Waals surface area contributed by atoms with Gasteiger partial charge in [-0.2, -0.15) is 0 Å². The van der Waals surface area contributed by atoms with Crippen molar-refractivity contribution in [3.63, 3.8) is 0 Å². The van der Waals surface area contributed by atoms with Crippen LogP contribution in [-0.2, 0) is 0 Å². The maximum absolute atomic E-state index is 11.6. The minimum atomic E-state index is -0.669. The number of benzene rings is 2. The van der Waals surface area contributed by atoms with Gasteiger partial charge in [0.25, 0.3) is 5.91 Å². The zero-order valence-electron chi connectivity index (χ0n) is 13.7. The van der Waals surface area contributed by atoms with Crippen LogP contribution in [0, 0.1) is 0 Å². The van der Waals surface area contributed by atoms with Gasteiger partial charge in [-0.3, -0.25) is 4.79 Å². The smallest absolute Gasteiger partial charge is 0.251 e. The lowest BCUT2D eigenvalue weighted by Gasteiger charge is -2.24. The van der Waals surface area contributed by atoms with Crippen molar-refractivity contribution in [2.75, 3.05) is 5.32 Å². The first-order valence-corrected chi connectivity index (χ1v) is 7.82. The van der Waals surface area contributed by atoms with Gasteiger partial charge in [0.2, 0.25) is 0 Å². The summed E-state index contributed by atoms with van der Waals surface area (Å²) in [7, 11) is 0. The van der Waals surface area contributed by atoms with Crippen molar-refractivity contribution in [3.8, 4) is 5.75 Å².